The van der Waals surface area contributed by atoms with Gasteiger partial charge in [-0.1, -0.05) is 30.3 Å². The zero-order valence-corrected chi connectivity index (χ0v) is 14.7. The number of rotatable bonds is 6. The van der Waals surface area contributed by atoms with Gasteiger partial charge in [-0.3, -0.25) is 4.90 Å². The number of carbonyl (C=O) groups excluding carboxylic acids is 1. The van der Waals surface area contributed by atoms with Gasteiger partial charge in [0.1, 0.15) is 11.9 Å². The van der Waals surface area contributed by atoms with E-state index in [0.717, 1.165) is 44.0 Å². The molecule has 2 N–H and O–H groups in total. The smallest absolute Gasteiger partial charge is 0.405 e. The van der Waals surface area contributed by atoms with Crippen molar-refractivity contribution in [2.45, 2.75) is 12.5 Å². The quantitative estimate of drug-likeness (QED) is 0.863. The lowest BCUT2D eigenvalue weighted by Gasteiger charge is -2.36. The van der Waals surface area contributed by atoms with Crippen LogP contribution >= 0.6 is 0 Å². The van der Waals surface area contributed by atoms with E-state index < -0.39 is 6.09 Å². The Bertz CT molecular complexity index is 701. The van der Waals surface area contributed by atoms with E-state index in [4.69, 9.17) is 10.5 Å². The predicted octanol–water partition coefficient (Wildman–Crippen LogP) is 3.17. The predicted molar refractivity (Wildman–Crippen MR) is 99.5 cm³/mol. The number of ether oxygens (including phenoxy) is 1. The van der Waals surface area contributed by atoms with Crippen LogP contribution in [0.2, 0.25) is 0 Å². The molecule has 0 saturated carbocycles. The van der Waals surface area contributed by atoms with Crippen molar-refractivity contribution < 1.29 is 13.9 Å². The molecule has 0 unspecified atom stereocenters. The summed E-state index contributed by atoms with van der Waals surface area (Å²) in [5.41, 5.74) is 7.23. The minimum atomic E-state index is -0.750. The largest absolute Gasteiger partial charge is 0.441 e. The van der Waals surface area contributed by atoms with E-state index in [0.29, 0.717) is 6.42 Å². The first kappa shape index (κ1) is 18.2. The number of nitrogens with zero attached hydrogens (tertiary/aromatic N) is 2. The van der Waals surface area contributed by atoms with Gasteiger partial charge in [0.05, 0.1) is 0 Å². The van der Waals surface area contributed by atoms with E-state index in [-0.39, 0.29) is 11.9 Å². The third-order valence-corrected chi connectivity index (χ3v) is 4.70. The van der Waals surface area contributed by atoms with Crippen molar-refractivity contribution in [3.05, 3.63) is 66.0 Å². The van der Waals surface area contributed by atoms with Crippen molar-refractivity contribution in [3.63, 3.8) is 0 Å². The lowest BCUT2D eigenvalue weighted by molar-refractivity contribution is 0.0910. The van der Waals surface area contributed by atoms with E-state index in [1.54, 1.807) is 0 Å². The molecule has 138 valence electrons. The summed E-state index contributed by atoms with van der Waals surface area (Å²) in [4.78, 5) is 15.8. The van der Waals surface area contributed by atoms with Crippen LogP contribution in [0.4, 0.5) is 14.9 Å². The van der Waals surface area contributed by atoms with Gasteiger partial charge in [-0.15, -0.1) is 0 Å². The number of anilines is 1. The molecule has 1 fully saturated rings. The molecule has 1 aliphatic heterocycles. The molecule has 6 heteroatoms. The molecule has 2 aromatic rings. The minimum Gasteiger partial charge on any atom is -0.441 e. The van der Waals surface area contributed by atoms with Gasteiger partial charge in [-0.25, -0.2) is 9.18 Å². The summed E-state index contributed by atoms with van der Waals surface area (Å²) in [6.07, 6.45) is -0.382. The van der Waals surface area contributed by atoms with Crippen LogP contribution in [0.3, 0.4) is 0 Å². The van der Waals surface area contributed by atoms with Crippen molar-refractivity contribution in [3.8, 4) is 0 Å². The lowest BCUT2D eigenvalue weighted by Crippen LogP contribution is -2.46. The van der Waals surface area contributed by atoms with Crippen LogP contribution < -0.4 is 10.6 Å². The third-order valence-electron chi connectivity index (χ3n) is 4.70. The highest BCUT2D eigenvalue weighted by Crippen LogP contribution is 2.22. The number of hydrogen-bond acceptors (Lipinski definition) is 4. The SMILES string of the molecule is NC(=O)O[C@H](CCN1CCN(c2ccc(F)cc2)CC1)c1ccccc1. The summed E-state index contributed by atoms with van der Waals surface area (Å²) in [5.74, 6) is -0.214. The van der Waals surface area contributed by atoms with Crippen LogP contribution in [0.5, 0.6) is 0 Å². The van der Waals surface area contributed by atoms with Crippen LogP contribution in [-0.4, -0.2) is 43.7 Å². The van der Waals surface area contributed by atoms with Crippen LogP contribution in [0.25, 0.3) is 0 Å². The Labute approximate surface area is 153 Å². The van der Waals surface area contributed by atoms with E-state index in [1.165, 1.54) is 12.1 Å². The van der Waals surface area contributed by atoms with Gasteiger partial charge in [-0.2, -0.15) is 0 Å². The second kappa shape index (κ2) is 8.67. The summed E-state index contributed by atoms with van der Waals surface area (Å²) in [6, 6.07) is 16.3. The maximum Gasteiger partial charge on any atom is 0.405 e. The van der Waals surface area contributed by atoms with Gasteiger partial charge in [-0.05, 0) is 29.8 Å². The van der Waals surface area contributed by atoms with E-state index in [1.807, 2.05) is 42.5 Å². The summed E-state index contributed by atoms with van der Waals surface area (Å²) in [5, 5.41) is 0. The van der Waals surface area contributed by atoms with Gasteiger partial charge in [0.2, 0.25) is 0 Å². The highest BCUT2D eigenvalue weighted by atomic mass is 19.1. The fraction of sp³-hybridized carbons (Fsp3) is 0.350. The Hall–Kier alpha value is -2.60. The molecule has 1 heterocycles. The Morgan fingerprint density at radius 2 is 1.69 bits per heavy atom. The molecular formula is C20H24FN3O2. The number of hydrogen-bond donors (Lipinski definition) is 1. The zero-order chi connectivity index (χ0) is 18.4. The monoisotopic (exact) mass is 357 g/mol. The van der Waals surface area contributed by atoms with E-state index in [2.05, 4.69) is 9.80 Å². The molecule has 1 saturated heterocycles. The second-order valence-corrected chi connectivity index (χ2v) is 6.43. The van der Waals surface area contributed by atoms with Crippen LogP contribution in [0, 0.1) is 5.82 Å². The highest BCUT2D eigenvalue weighted by molar-refractivity contribution is 5.65. The molecule has 3 rings (SSSR count). The number of carbonyl (C=O) groups is 1. The molecule has 1 amide bonds. The number of nitrogens with two attached hydrogens (primary N) is 1. The number of piperazine rings is 1. The molecule has 26 heavy (non-hydrogen) atoms. The van der Waals surface area contributed by atoms with Gasteiger partial charge < -0.3 is 15.4 Å². The maximum atomic E-state index is 13.1. The molecule has 1 atom stereocenters. The molecule has 0 aliphatic carbocycles. The van der Waals surface area contributed by atoms with Gasteiger partial charge in [0.15, 0.2) is 0 Å². The molecule has 5 nitrogen and oxygen atoms in total. The minimum absolute atomic E-state index is 0.214. The topological polar surface area (TPSA) is 58.8 Å². The van der Waals surface area contributed by atoms with E-state index >= 15 is 0 Å². The highest BCUT2D eigenvalue weighted by Gasteiger charge is 2.20. The summed E-state index contributed by atoms with van der Waals surface area (Å²) in [7, 11) is 0. The van der Waals surface area contributed by atoms with Crippen LogP contribution in [0.1, 0.15) is 18.1 Å². The van der Waals surface area contributed by atoms with Gasteiger partial charge >= 0.3 is 6.09 Å². The Kier molecular flexibility index (Phi) is 6.07. The number of halogens is 1. The second-order valence-electron chi connectivity index (χ2n) is 6.43. The molecule has 0 aromatic heterocycles. The zero-order valence-electron chi connectivity index (χ0n) is 14.7. The maximum absolute atomic E-state index is 13.1. The number of amides is 1. The molecule has 0 bridgehead atoms. The van der Waals surface area contributed by atoms with E-state index in [9.17, 15) is 9.18 Å². The fourth-order valence-electron chi connectivity index (χ4n) is 3.28. The standard InChI is InChI=1S/C20H24FN3O2/c21-17-6-8-18(9-7-17)24-14-12-23(13-15-24)11-10-19(26-20(22)25)16-4-2-1-3-5-16/h1-9,19H,10-15H2,(H2,22,25)/t19-/m1/s1. The van der Waals surface area contributed by atoms with Crippen molar-refractivity contribution in [2.24, 2.45) is 5.73 Å². The van der Waals surface area contributed by atoms with Crippen LogP contribution in [0.15, 0.2) is 54.6 Å². The average molecular weight is 357 g/mol. The first-order valence-corrected chi connectivity index (χ1v) is 8.86. The van der Waals surface area contributed by atoms with Crippen molar-refractivity contribution in [1.82, 2.24) is 4.90 Å². The third kappa shape index (κ3) is 4.95. The summed E-state index contributed by atoms with van der Waals surface area (Å²) >= 11 is 0. The van der Waals surface area contributed by atoms with Crippen LogP contribution in [-0.2, 0) is 4.74 Å². The molecule has 0 spiro atoms. The number of benzene rings is 2. The average Bonchev–Trinajstić information content (AvgIpc) is 2.67. The van der Waals surface area contributed by atoms with Crippen molar-refractivity contribution in [2.75, 3.05) is 37.6 Å². The van der Waals surface area contributed by atoms with Crippen molar-refractivity contribution >= 4 is 11.8 Å². The molecule has 2 aromatic carbocycles. The first-order valence-electron chi connectivity index (χ1n) is 8.86. The van der Waals surface area contributed by atoms with Gasteiger partial charge in [0, 0.05) is 44.8 Å². The summed E-state index contributed by atoms with van der Waals surface area (Å²) < 4.78 is 18.3. The van der Waals surface area contributed by atoms with Crippen molar-refractivity contribution in [1.29, 1.82) is 0 Å². The first-order chi connectivity index (χ1) is 12.6. The fourth-order valence-corrected chi connectivity index (χ4v) is 3.28. The normalized spacial score (nSPS) is 16.3. The van der Waals surface area contributed by atoms with Gasteiger partial charge in [0.25, 0.3) is 0 Å². The number of primary amides is 1. The molecule has 0 radical (unpaired) electrons. The molecular weight excluding hydrogens is 333 g/mol. The Balaban J connectivity index is 1.51. The Morgan fingerprint density at radius 1 is 1.04 bits per heavy atom. The lowest BCUT2D eigenvalue weighted by atomic mass is 10.1. The molecule has 1 aliphatic rings. The Morgan fingerprint density at radius 3 is 2.31 bits per heavy atom. The summed E-state index contributed by atoms with van der Waals surface area (Å²) in [6.45, 7) is 4.42.